The number of hydrogen-bond acceptors (Lipinski definition) is 5. The average molecular weight is 358 g/mol. The molecule has 0 saturated carbocycles. The van der Waals surface area contributed by atoms with Gasteiger partial charge >= 0.3 is 6.09 Å². The lowest BCUT2D eigenvalue weighted by molar-refractivity contribution is -0.0223. The van der Waals surface area contributed by atoms with Crippen molar-refractivity contribution < 1.29 is 23.1 Å². The summed E-state index contributed by atoms with van der Waals surface area (Å²) in [4.78, 5) is 15.0. The summed E-state index contributed by atoms with van der Waals surface area (Å²) in [6.45, 7) is 0.957. The molecule has 9 nitrogen and oxygen atoms in total. The van der Waals surface area contributed by atoms with Gasteiger partial charge in [-0.25, -0.2) is 18.2 Å². The van der Waals surface area contributed by atoms with Crippen LogP contribution in [0.3, 0.4) is 0 Å². The maximum absolute atomic E-state index is 12.7. The van der Waals surface area contributed by atoms with Crippen LogP contribution in [0.1, 0.15) is 19.3 Å². The highest BCUT2D eigenvalue weighted by molar-refractivity contribution is 7.89. The van der Waals surface area contributed by atoms with E-state index >= 15 is 0 Å². The van der Waals surface area contributed by atoms with Crippen molar-refractivity contribution in [1.82, 2.24) is 19.2 Å². The fourth-order valence-electron chi connectivity index (χ4n) is 3.43. The molecule has 3 heterocycles. The predicted octanol–water partition coefficient (Wildman–Crippen LogP) is 0.246. The zero-order chi connectivity index (χ0) is 17.3. The van der Waals surface area contributed by atoms with Crippen LogP contribution in [0.4, 0.5) is 4.79 Å². The molecule has 0 aliphatic carbocycles. The normalized spacial score (nSPS) is 28.8. The molecule has 0 aromatic carbocycles. The van der Waals surface area contributed by atoms with Crippen molar-refractivity contribution in [2.75, 3.05) is 19.7 Å². The average Bonchev–Trinajstić information content (AvgIpc) is 3.15. The van der Waals surface area contributed by atoms with Crippen molar-refractivity contribution >= 4 is 16.1 Å². The monoisotopic (exact) mass is 358 g/mol. The molecule has 2 aliphatic heterocycles. The van der Waals surface area contributed by atoms with Gasteiger partial charge in [0.15, 0.2) is 5.03 Å². The van der Waals surface area contributed by atoms with Gasteiger partial charge in [-0.3, -0.25) is 0 Å². The Morgan fingerprint density at radius 2 is 2.21 bits per heavy atom. The van der Waals surface area contributed by atoms with Gasteiger partial charge in [0, 0.05) is 38.9 Å². The molecule has 3 unspecified atom stereocenters. The second kappa shape index (κ2) is 6.69. The topological polar surface area (TPSA) is 114 Å². The molecule has 134 valence electrons. The maximum Gasteiger partial charge on any atom is 0.404 e. The Kier molecular flexibility index (Phi) is 4.79. The second-order valence-corrected chi connectivity index (χ2v) is 8.21. The number of aryl methyl sites for hydroxylation is 1. The summed E-state index contributed by atoms with van der Waals surface area (Å²) in [7, 11) is -2.05. The Morgan fingerprint density at radius 1 is 1.42 bits per heavy atom. The summed E-state index contributed by atoms with van der Waals surface area (Å²) in [5.74, 6) is -0.195. The molecule has 2 saturated heterocycles. The number of nitrogens with one attached hydrogen (secondary N) is 1. The van der Waals surface area contributed by atoms with E-state index in [1.807, 2.05) is 0 Å². The second-order valence-electron chi connectivity index (χ2n) is 6.32. The van der Waals surface area contributed by atoms with Crippen molar-refractivity contribution in [3.05, 3.63) is 12.5 Å². The largest absolute Gasteiger partial charge is 0.465 e. The molecule has 24 heavy (non-hydrogen) atoms. The fourth-order valence-corrected chi connectivity index (χ4v) is 4.90. The highest BCUT2D eigenvalue weighted by Gasteiger charge is 2.44. The van der Waals surface area contributed by atoms with Crippen LogP contribution in [0, 0.1) is 5.92 Å². The number of aromatic nitrogens is 2. The third-order valence-electron chi connectivity index (χ3n) is 4.62. The fraction of sp³-hybridized carbons (Fsp3) is 0.714. The van der Waals surface area contributed by atoms with Gasteiger partial charge in [-0.1, -0.05) is 0 Å². The zero-order valence-electron chi connectivity index (χ0n) is 13.5. The van der Waals surface area contributed by atoms with Crippen LogP contribution >= 0.6 is 0 Å². The Bertz CT molecular complexity index is 698. The minimum absolute atomic E-state index is 0.0238. The maximum atomic E-state index is 12.7. The van der Waals surface area contributed by atoms with Gasteiger partial charge in [-0.05, 0) is 19.3 Å². The molecule has 2 aliphatic rings. The quantitative estimate of drug-likeness (QED) is 0.797. The van der Waals surface area contributed by atoms with E-state index in [-0.39, 0.29) is 30.1 Å². The highest BCUT2D eigenvalue weighted by atomic mass is 32.2. The Morgan fingerprint density at radius 3 is 2.79 bits per heavy atom. The number of sulfonamides is 1. The molecule has 10 heteroatoms. The van der Waals surface area contributed by atoms with Crippen molar-refractivity contribution in [2.24, 2.45) is 13.0 Å². The molecule has 0 radical (unpaired) electrons. The number of hydrogen-bond donors (Lipinski definition) is 2. The van der Waals surface area contributed by atoms with E-state index < -0.39 is 22.2 Å². The highest BCUT2D eigenvalue weighted by Crippen LogP contribution is 2.31. The Hall–Kier alpha value is -1.65. The van der Waals surface area contributed by atoms with Crippen LogP contribution in [0.2, 0.25) is 0 Å². The molecule has 2 N–H and O–H groups in total. The summed E-state index contributed by atoms with van der Waals surface area (Å²) >= 11 is 0. The van der Waals surface area contributed by atoms with Crippen LogP contribution in [0.25, 0.3) is 0 Å². The van der Waals surface area contributed by atoms with E-state index in [0.717, 1.165) is 19.3 Å². The number of nitrogens with zero attached hydrogens (tertiary/aromatic N) is 3. The van der Waals surface area contributed by atoms with Gasteiger partial charge in [0.2, 0.25) is 0 Å². The van der Waals surface area contributed by atoms with Crippen LogP contribution in [0.5, 0.6) is 0 Å². The first kappa shape index (κ1) is 17.2. The van der Waals surface area contributed by atoms with Gasteiger partial charge in [0.25, 0.3) is 10.0 Å². The molecule has 1 amide bonds. The standard InChI is InChI=1S/C14H22N4O5S/c1-17-8-13(15-9-17)24(21,22)18-6-10(11(7-18)16-14(19)20)12-4-2-3-5-23-12/h8-12,16H,2-7H2,1H3,(H,19,20). The third-order valence-corrected chi connectivity index (χ3v) is 6.34. The number of ether oxygens (including phenoxy) is 1. The van der Waals surface area contributed by atoms with Gasteiger partial charge < -0.3 is 19.7 Å². The molecule has 0 bridgehead atoms. The van der Waals surface area contributed by atoms with Crippen LogP contribution in [-0.2, 0) is 21.8 Å². The Labute approximate surface area is 140 Å². The molecule has 1 aromatic rings. The van der Waals surface area contributed by atoms with Crippen molar-refractivity contribution in [3.8, 4) is 0 Å². The van der Waals surface area contributed by atoms with Gasteiger partial charge in [0.1, 0.15) is 0 Å². The van der Waals surface area contributed by atoms with Crippen molar-refractivity contribution in [3.63, 3.8) is 0 Å². The summed E-state index contributed by atoms with van der Waals surface area (Å²) < 4.78 is 34.1. The molecule has 3 atom stereocenters. The molecular weight excluding hydrogens is 336 g/mol. The van der Waals surface area contributed by atoms with E-state index in [0.29, 0.717) is 6.61 Å². The van der Waals surface area contributed by atoms with Crippen molar-refractivity contribution in [2.45, 2.75) is 36.4 Å². The third kappa shape index (κ3) is 3.40. The minimum atomic E-state index is -3.75. The van der Waals surface area contributed by atoms with Gasteiger partial charge in [0.05, 0.1) is 18.5 Å². The zero-order valence-corrected chi connectivity index (χ0v) is 14.3. The van der Waals surface area contributed by atoms with E-state index in [9.17, 15) is 13.2 Å². The number of imidazole rings is 1. The van der Waals surface area contributed by atoms with E-state index in [4.69, 9.17) is 9.84 Å². The molecular formula is C14H22N4O5S. The van der Waals surface area contributed by atoms with Crippen molar-refractivity contribution in [1.29, 1.82) is 0 Å². The lowest BCUT2D eigenvalue weighted by atomic mass is 9.92. The summed E-state index contributed by atoms with van der Waals surface area (Å²) in [5, 5.41) is 11.5. The first-order chi connectivity index (χ1) is 11.4. The lowest BCUT2D eigenvalue weighted by Crippen LogP contribution is -2.45. The SMILES string of the molecule is Cn1cnc(S(=O)(=O)N2CC(NC(=O)O)C(C3CCCCO3)C2)c1. The summed E-state index contributed by atoms with van der Waals surface area (Å²) in [5.41, 5.74) is 0. The number of amides is 1. The smallest absolute Gasteiger partial charge is 0.404 e. The molecule has 3 rings (SSSR count). The number of rotatable bonds is 4. The lowest BCUT2D eigenvalue weighted by Gasteiger charge is -2.30. The van der Waals surface area contributed by atoms with Crippen LogP contribution in [-0.4, -0.2) is 65.3 Å². The van der Waals surface area contributed by atoms with Gasteiger partial charge in [-0.2, -0.15) is 4.31 Å². The van der Waals surface area contributed by atoms with E-state index in [1.54, 1.807) is 11.6 Å². The van der Waals surface area contributed by atoms with E-state index in [2.05, 4.69) is 10.3 Å². The van der Waals surface area contributed by atoms with Gasteiger partial charge in [-0.15, -0.1) is 0 Å². The number of carboxylic acid groups (broad SMARTS) is 1. The first-order valence-electron chi connectivity index (χ1n) is 7.97. The van der Waals surface area contributed by atoms with E-state index in [1.165, 1.54) is 16.8 Å². The first-order valence-corrected chi connectivity index (χ1v) is 9.41. The summed E-state index contributed by atoms with van der Waals surface area (Å²) in [6, 6.07) is -0.482. The molecule has 1 aromatic heterocycles. The van der Waals surface area contributed by atoms with Crippen LogP contribution < -0.4 is 5.32 Å². The molecule has 2 fully saturated rings. The predicted molar refractivity (Wildman–Crippen MR) is 84.0 cm³/mol. The minimum Gasteiger partial charge on any atom is -0.465 e. The summed E-state index contributed by atoms with van der Waals surface area (Å²) in [6.07, 6.45) is 4.40. The number of carbonyl (C=O) groups is 1. The Balaban J connectivity index is 1.81. The molecule has 0 spiro atoms. The van der Waals surface area contributed by atoms with Crippen LogP contribution in [0.15, 0.2) is 17.6 Å².